The number of fused-ring (bicyclic) bond motifs is 1. The van der Waals surface area contributed by atoms with Gasteiger partial charge in [0, 0.05) is 11.1 Å². The monoisotopic (exact) mass is 324 g/mol. The molecule has 0 aromatic rings. The molecule has 0 saturated carbocycles. The normalized spacial score (nSPS) is 27.7. The molecule has 124 valence electrons. The standard InChI is InChI=1S/C15H17FN2O5/c1-5-6(2)13(16)17-14-7(5)3-8(15(22)18-14)12-11(21)10(20)9(4-19)23-12/h3,9-12,19-21H,4H2,1-2H3,(H,17,18,22)/t9-,10?,11+,12+/m1/s1. The molecule has 0 aromatic carbocycles. The molecular formula is C15H17FN2O5. The highest BCUT2D eigenvalue weighted by Gasteiger charge is 2.44. The third-order valence-corrected chi connectivity index (χ3v) is 4.39. The number of aliphatic hydroxyl groups excluding tert-OH is 3. The van der Waals surface area contributed by atoms with Crippen LogP contribution in [0.1, 0.15) is 22.8 Å². The maximum absolute atomic E-state index is 13.7. The van der Waals surface area contributed by atoms with Crippen LogP contribution in [0.4, 0.5) is 4.39 Å². The van der Waals surface area contributed by atoms with Crippen LogP contribution in [0, 0.1) is 19.8 Å². The Balaban J connectivity index is 2.15. The summed E-state index contributed by atoms with van der Waals surface area (Å²) in [5.41, 5.74) is 0.895. The van der Waals surface area contributed by atoms with Crippen molar-refractivity contribution in [2.75, 3.05) is 6.61 Å². The zero-order valence-corrected chi connectivity index (χ0v) is 12.6. The zero-order chi connectivity index (χ0) is 16.9. The molecule has 7 nitrogen and oxygen atoms in total. The summed E-state index contributed by atoms with van der Waals surface area (Å²) < 4.78 is 19.1. The summed E-state index contributed by atoms with van der Waals surface area (Å²) in [5, 5.41) is 29.0. The number of aromatic nitrogens is 2. The largest absolute Gasteiger partial charge is 0.394 e. The average Bonchev–Trinajstić information content (AvgIpc) is 2.80. The number of aliphatic hydroxyl groups is 3. The van der Waals surface area contributed by atoms with Gasteiger partial charge in [0.25, 0.3) is 5.56 Å². The second-order valence-electron chi connectivity index (χ2n) is 5.73. The first-order valence-corrected chi connectivity index (χ1v) is 7.17. The minimum atomic E-state index is -1.36. The van der Waals surface area contributed by atoms with E-state index in [0.29, 0.717) is 16.7 Å². The summed E-state index contributed by atoms with van der Waals surface area (Å²) in [7, 11) is 0. The van der Waals surface area contributed by atoms with Gasteiger partial charge in [0.2, 0.25) is 0 Å². The van der Waals surface area contributed by atoms with Crippen LogP contribution in [-0.4, -0.2) is 50.2 Å². The molecule has 3 aliphatic heterocycles. The van der Waals surface area contributed by atoms with E-state index in [2.05, 4.69) is 9.97 Å². The van der Waals surface area contributed by atoms with Crippen molar-refractivity contribution >= 4 is 0 Å². The topological polar surface area (TPSA) is 116 Å². The van der Waals surface area contributed by atoms with Gasteiger partial charge in [-0.15, -0.1) is 0 Å². The first kappa shape index (κ1) is 16.0. The Labute approximate surface area is 130 Å². The lowest BCUT2D eigenvalue weighted by atomic mass is 9.97. The number of H-pyrrole nitrogens is 1. The average molecular weight is 324 g/mol. The number of rotatable bonds is 2. The molecule has 3 rings (SSSR count). The summed E-state index contributed by atoms with van der Waals surface area (Å²) in [4.78, 5) is 18.4. The number of ether oxygens (including phenoxy) is 1. The molecule has 4 N–H and O–H groups in total. The lowest BCUT2D eigenvalue weighted by Gasteiger charge is -2.17. The van der Waals surface area contributed by atoms with Crippen LogP contribution in [0.5, 0.6) is 0 Å². The Morgan fingerprint density at radius 2 is 2.00 bits per heavy atom. The van der Waals surface area contributed by atoms with Gasteiger partial charge in [-0.2, -0.15) is 9.37 Å². The molecule has 3 heterocycles. The highest BCUT2D eigenvalue weighted by Crippen LogP contribution is 2.34. The third-order valence-electron chi connectivity index (χ3n) is 4.39. The van der Waals surface area contributed by atoms with Crippen LogP contribution < -0.4 is 5.56 Å². The van der Waals surface area contributed by atoms with Crippen LogP contribution in [0.2, 0.25) is 0 Å². The van der Waals surface area contributed by atoms with Gasteiger partial charge in [-0.25, -0.2) is 0 Å². The number of hydrogen-bond donors (Lipinski definition) is 4. The van der Waals surface area contributed by atoms with E-state index in [1.54, 1.807) is 13.8 Å². The van der Waals surface area contributed by atoms with Crippen molar-refractivity contribution in [3.8, 4) is 11.4 Å². The molecule has 0 spiro atoms. The predicted molar refractivity (Wildman–Crippen MR) is 77.6 cm³/mol. The number of hydrogen-bond acceptors (Lipinski definition) is 6. The fraction of sp³-hybridized carbons (Fsp3) is 0.467. The number of aromatic amines is 1. The molecule has 4 atom stereocenters. The summed E-state index contributed by atoms with van der Waals surface area (Å²) in [6, 6.07) is 1.48. The highest BCUT2D eigenvalue weighted by molar-refractivity contribution is 5.63. The molecule has 8 heteroatoms. The van der Waals surface area contributed by atoms with E-state index in [0.717, 1.165) is 0 Å². The van der Waals surface area contributed by atoms with Crippen LogP contribution in [0.15, 0.2) is 10.9 Å². The Morgan fingerprint density at radius 3 is 2.61 bits per heavy atom. The lowest BCUT2D eigenvalue weighted by Crippen LogP contribution is -2.33. The Bertz CT molecular complexity index is 777. The Hall–Kier alpha value is -1.87. The van der Waals surface area contributed by atoms with Crippen LogP contribution in [0.25, 0.3) is 11.4 Å². The number of pyridine rings is 2. The van der Waals surface area contributed by atoms with Crippen molar-refractivity contribution in [2.24, 2.45) is 0 Å². The first-order valence-electron chi connectivity index (χ1n) is 7.17. The second-order valence-corrected chi connectivity index (χ2v) is 5.73. The van der Waals surface area contributed by atoms with Crippen LogP contribution >= 0.6 is 0 Å². The minimum Gasteiger partial charge on any atom is -0.394 e. The maximum atomic E-state index is 13.7. The Kier molecular flexibility index (Phi) is 3.93. The van der Waals surface area contributed by atoms with Crippen molar-refractivity contribution < 1.29 is 24.4 Å². The fourth-order valence-electron chi connectivity index (χ4n) is 2.82. The van der Waals surface area contributed by atoms with Gasteiger partial charge in [0.1, 0.15) is 30.2 Å². The van der Waals surface area contributed by atoms with E-state index in [1.807, 2.05) is 0 Å². The Morgan fingerprint density at radius 1 is 1.30 bits per heavy atom. The van der Waals surface area contributed by atoms with E-state index in [1.165, 1.54) is 6.07 Å². The van der Waals surface area contributed by atoms with E-state index in [4.69, 9.17) is 9.84 Å². The molecule has 0 radical (unpaired) electrons. The summed E-state index contributed by atoms with van der Waals surface area (Å²) in [6.45, 7) is 2.81. The van der Waals surface area contributed by atoms with Gasteiger partial charge in [-0.1, -0.05) is 0 Å². The number of nitrogens with zero attached hydrogens (tertiary/aromatic N) is 1. The summed E-state index contributed by atoms with van der Waals surface area (Å²) in [5.74, 6) is -0.464. The maximum Gasteiger partial charge on any atom is 0.277 e. The van der Waals surface area contributed by atoms with Gasteiger partial charge in [0.05, 0.1) is 12.2 Å². The number of nitrogens with one attached hydrogen (secondary N) is 1. The molecule has 0 amide bonds. The smallest absolute Gasteiger partial charge is 0.277 e. The molecular weight excluding hydrogens is 307 g/mol. The van der Waals surface area contributed by atoms with E-state index in [-0.39, 0.29) is 11.4 Å². The SMILES string of the molecule is Cc1c2cc([C@@H]3O[C@H](CO)C(O)[C@@H]3O)c(=O)nc-2[nH]c(F)c1C. The lowest BCUT2D eigenvalue weighted by molar-refractivity contribution is -0.0231. The van der Waals surface area contributed by atoms with Gasteiger partial charge < -0.3 is 25.0 Å². The van der Waals surface area contributed by atoms with Gasteiger partial charge in [-0.3, -0.25) is 4.79 Å². The summed E-state index contributed by atoms with van der Waals surface area (Å²) in [6.07, 6.45) is -4.74. The summed E-state index contributed by atoms with van der Waals surface area (Å²) >= 11 is 0. The van der Waals surface area contributed by atoms with Gasteiger partial charge >= 0.3 is 0 Å². The van der Waals surface area contributed by atoms with Gasteiger partial charge in [-0.05, 0) is 25.5 Å². The molecule has 23 heavy (non-hydrogen) atoms. The molecule has 3 aliphatic rings. The number of halogens is 1. The van der Waals surface area contributed by atoms with E-state index < -0.39 is 42.5 Å². The van der Waals surface area contributed by atoms with Crippen molar-refractivity contribution in [1.29, 1.82) is 0 Å². The highest BCUT2D eigenvalue weighted by atomic mass is 19.1. The quantitative estimate of drug-likeness (QED) is 0.568. The molecule has 1 saturated heterocycles. The molecule has 1 unspecified atom stereocenters. The first-order chi connectivity index (χ1) is 10.8. The van der Waals surface area contributed by atoms with Crippen LogP contribution in [0.3, 0.4) is 0 Å². The van der Waals surface area contributed by atoms with Gasteiger partial charge in [0.15, 0.2) is 5.95 Å². The van der Waals surface area contributed by atoms with Crippen molar-refractivity contribution in [3.63, 3.8) is 0 Å². The van der Waals surface area contributed by atoms with E-state index >= 15 is 0 Å². The van der Waals surface area contributed by atoms with Crippen molar-refractivity contribution in [1.82, 2.24) is 9.97 Å². The zero-order valence-electron chi connectivity index (χ0n) is 12.6. The minimum absolute atomic E-state index is 0.0579. The van der Waals surface area contributed by atoms with Crippen molar-refractivity contribution in [3.05, 3.63) is 39.1 Å². The van der Waals surface area contributed by atoms with E-state index in [9.17, 15) is 19.4 Å². The molecule has 0 bridgehead atoms. The molecule has 1 fully saturated rings. The predicted octanol–water partition coefficient (Wildman–Crippen LogP) is -0.215. The fourth-order valence-corrected chi connectivity index (χ4v) is 2.82. The second kappa shape index (κ2) is 5.64. The van der Waals surface area contributed by atoms with Crippen molar-refractivity contribution in [2.45, 2.75) is 38.3 Å². The third kappa shape index (κ3) is 2.43. The molecule has 0 aliphatic carbocycles. The van der Waals surface area contributed by atoms with Crippen LogP contribution in [-0.2, 0) is 4.74 Å². The molecule has 0 aromatic heterocycles.